The number of likely N-dealkylation sites (tertiary alicyclic amines) is 1. The van der Waals surface area contributed by atoms with Crippen LogP contribution in [-0.4, -0.2) is 42.0 Å². The summed E-state index contributed by atoms with van der Waals surface area (Å²) in [6, 6.07) is 14.5. The van der Waals surface area contributed by atoms with Gasteiger partial charge in [-0.2, -0.15) is 0 Å². The molecule has 166 valence electrons. The minimum absolute atomic E-state index is 0. The molecule has 1 aliphatic heterocycles. The molecule has 4 rings (SSSR count). The zero-order valence-corrected chi connectivity index (χ0v) is 20.9. The highest BCUT2D eigenvalue weighted by molar-refractivity contribution is 14.0. The molecule has 2 aromatic heterocycles. The van der Waals surface area contributed by atoms with Crippen molar-refractivity contribution in [3.63, 3.8) is 0 Å². The van der Waals surface area contributed by atoms with Gasteiger partial charge in [-0.25, -0.2) is 9.98 Å². The minimum atomic E-state index is 0. The summed E-state index contributed by atoms with van der Waals surface area (Å²) in [5, 5.41) is 9.98. The van der Waals surface area contributed by atoms with E-state index in [4.69, 9.17) is 14.4 Å². The van der Waals surface area contributed by atoms with Gasteiger partial charge in [0.15, 0.2) is 5.96 Å². The molecule has 1 atom stereocenters. The highest BCUT2D eigenvalue weighted by Gasteiger charge is 2.25. The van der Waals surface area contributed by atoms with Crippen LogP contribution in [0.15, 0.2) is 63.5 Å². The molecule has 3 heterocycles. The van der Waals surface area contributed by atoms with Crippen molar-refractivity contribution < 1.29 is 4.42 Å². The molecule has 0 spiro atoms. The first kappa shape index (κ1) is 23.7. The number of furan rings is 1. The van der Waals surface area contributed by atoms with Crippen LogP contribution in [0.1, 0.15) is 37.3 Å². The van der Waals surface area contributed by atoms with Crippen molar-refractivity contribution in [2.75, 3.05) is 26.2 Å². The average Bonchev–Trinajstić information content (AvgIpc) is 3.56. The number of hydrogen-bond acceptors (Lipinski definition) is 5. The summed E-state index contributed by atoms with van der Waals surface area (Å²) in [7, 11) is 0. The molecule has 0 amide bonds. The minimum Gasteiger partial charge on any atom is -0.468 e. The molecule has 1 saturated heterocycles. The molecule has 6 nitrogen and oxygen atoms in total. The molecule has 1 fully saturated rings. The largest absolute Gasteiger partial charge is 0.468 e. The molecule has 0 saturated carbocycles. The number of aliphatic imine (C=N–C) groups is 1. The number of benzene rings is 1. The van der Waals surface area contributed by atoms with Gasteiger partial charge in [0.25, 0.3) is 0 Å². The van der Waals surface area contributed by atoms with Gasteiger partial charge in [0, 0.05) is 24.0 Å². The molecule has 1 aromatic carbocycles. The van der Waals surface area contributed by atoms with Gasteiger partial charge in [-0.15, -0.1) is 35.3 Å². The maximum Gasteiger partial charge on any atom is 0.191 e. The number of nitrogens with one attached hydrogen (secondary N) is 2. The summed E-state index contributed by atoms with van der Waals surface area (Å²) in [5.74, 6) is 1.81. The molecule has 0 radical (unpaired) electrons. The van der Waals surface area contributed by atoms with Crippen molar-refractivity contribution in [2.45, 2.75) is 32.4 Å². The lowest BCUT2D eigenvalue weighted by atomic mass is 10.2. The van der Waals surface area contributed by atoms with Gasteiger partial charge in [0.2, 0.25) is 0 Å². The molecule has 2 N–H and O–H groups in total. The van der Waals surface area contributed by atoms with Crippen LogP contribution in [0, 0.1) is 0 Å². The number of guanidine groups is 1. The van der Waals surface area contributed by atoms with Crippen molar-refractivity contribution in [1.29, 1.82) is 0 Å². The molecule has 0 aliphatic carbocycles. The molecule has 1 unspecified atom stereocenters. The Balaban J connectivity index is 0.00000272. The van der Waals surface area contributed by atoms with E-state index in [-0.39, 0.29) is 30.0 Å². The second kappa shape index (κ2) is 12.2. The van der Waals surface area contributed by atoms with Gasteiger partial charge in [0.05, 0.1) is 24.5 Å². The van der Waals surface area contributed by atoms with Crippen LogP contribution in [0.4, 0.5) is 0 Å². The summed E-state index contributed by atoms with van der Waals surface area (Å²) < 4.78 is 5.72. The van der Waals surface area contributed by atoms with Crippen LogP contribution in [-0.2, 0) is 6.54 Å². The molecule has 8 heteroatoms. The first-order chi connectivity index (χ1) is 14.8. The van der Waals surface area contributed by atoms with Gasteiger partial charge >= 0.3 is 0 Å². The Kier molecular flexibility index (Phi) is 9.35. The molecular weight excluding hydrogens is 521 g/mol. The van der Waals surface area contributed by atoms with E-state index in [1.54, 1.807) is 17.6 Å². The van der Waals surface area contributed by atoms with E-state index in [0.717, 1.165) is 54.2 Å². The van der Waals surface area contributed by atoms with E-state index in [1.165, 1.54) is 12.8 Å². The van der Waals surface area contributed by atoms with E-state index in [9.17, 15) is 0 Å². The fourth-order valence-electron chi connectivity index (χ4n) is 3.73. The number of aromatic nitrogens is 1. The zero-order valence-electron chi connectivity index (χ0n) is 17.8. The lowest BCUT2D eigenvalue weighted by Crippen LogP contribution is -2.42. The SMILES string of the molecule is CCNC(=NCc1csc(-c2ccccc2)n1)NCC(c1ccco1)N1CCCC1.I. The Bertz CT molecular complexity index is 923. The summed E-state index contributed by atoms with van der Waals surface area (Å²) in [6.45, 7) is 6.43. The lowest BCUT2D eigenvalue weighted by molar-refractivity contribution is 0.215. The Morgan fingerprint density at radius 1 is 1.16 bits per heavy atom. The van der Waals surface area contributed by atoms with Crippen LogP contribution in [0.2, 0.25) is 0 Å². The molecule has 1 aliphatic rings. The molecule has 3 aromatic rings. The number of hydrogen-bond donors (Lipinski definition) is 2. The lowest BCUT2D eigenvalue weighted by Gasteiger charge is -2.26. The number of rotatable bonds is 8. The third-order valence-electron chi connectivity index (χ3n) is 5.23. The van der Waals surface area contributed by atoms with Crippen molar-refractivity contribution in [3.05, 3.63) is 65.6 Å². The summed E-state index contributed by atoms with van der Waals surface area (Å²) >= 11 is 1.66. The van der Waals surface area contributed by atoms with Crippen LogP contribution < -0.4 is 10.6 Å². The van der Waals surface area contributed by atoms with Gasteiger partial charge in [-0.05, 0) is 45.0 Å². The van der Waals surface area contributed by atoms with Crippen LogP contribution in [0.3, 0.4) is 0 Å². The Hall–Kier alpha value is -1.91. The smallest absolute Gasteiger partial charge is 0.191 e. The highest BCUT2D eigenvalue weighted by Crippen LogP contribution is 2.25. The maximum absolute atomic E-state index is 5.72. The van der Waals surface area contributed by atoms with E-state index >= 15 is 0 Å². The summed E-state index contributed by atoms with van der Waals surface area (Å²) in [4.78, 5) is 12.0. The predicted octanol–water partition coefficient (Wildman–Crippen LogP) is 4.91. The highest BCUT2D eigenvalue weighted by atomic mass is 127. The first-order valence-electron chi connectivity index (χ1n) is 10.6. The standard InChI is InChI=1S/C23H29N5OS.HI/c1-2-24-23(25-15-19-17-30-22(27-19)18-9-4-3-5-10-18)26-16-20(21-11-8-14-29-21)28-12-6-7-13-28;/h3-5,8-11,14,17,20H,2,6-7,12-13,15-16H2,1H3,(H2,24,25,26);1H. The third kappa shape index (κ3) is 6.54. The van der Waals surface area contributed by atoms with E-state index in [0.29, 0.717) is 6.54 Å². The van der Waals surface area contributed by atoms with E-state index in [2.05, 4.69) is 46.0 Å². The maximum atomic E-state index is 5.72. The topological polar surface area (TPSA) is 65.7 Å². The fraction of sp³-hybridized carbons (Fsp3) is 0.391. The van der Waals surface area contributed by atoms with Gasteiger partial charge < -0.3 is 15.1 Å². The average molecular weight is 551 g/mol. The Morgan fingerprint density at radius 2 is 1.97 bits per heavy atom. The predicted molar refractivity (Wildman–Crippen MR) is 138 cm³/mol. The zero-order chi connectivity index (χ0) is 20.6. The normalized spacial score (nSPS) is 15.5. The van der Waals surface area contributed by atoms with Crippen molar-refractivity contribution in [3.8, 4) is 10.6 Å². The third-order valence-corrected chi connectivity index (χ3v) is 6.17. The molecular formula is C23H30IN5OS. The van der Waals surface area contributed by atoms with Gasteiger partial charge in [-0.3, -0.25) is 4.90 Å². The second-order valence-electron chi connectivity index (χ2n) is 7.36. The van der Waals surface area contributed by atoms with E-state index in [1.807, 2.05) is 24.3 Å². The Morgan fingerprint density at radius 3 is 2.68 bits per heavy atom. The number of halogens is 1. The quantitative estimate of drug-likeness (QED) is 0.237. The van der Waals surface area contributed by atoms with Gasteiger partial charge in [-0.1, -0.05) is 30.3 Å². The number of thiazole rings is 1. The number of nitrogens with zero attached hydrogens (tertiary/aromatic N) is 3. The van der Waals surface area contributed by atoms with Crippen LogP contribution >= 0.6 is 35.3 Å². The first-order valence-corrected chi connectivity index (χ1v) is 11.5. The second-order valence-corrected chi connectivity index (χ2v) is 8.22. The summed E-state index contributed by atoms with van der Waals surface area (Å²) in [5.41, 5.74) is 2.13. The van der Waals surface area contributed by atoms with Crippen LogP contribution in [0.5, 0.6) is 0 Å². The molecule has 31 heavy (non-hydrogen) atoms. The Labute approximate surface area is 205 Å². The fourth-order valence-corrected chi connectivity index (χ4v) is 4.55. The monoisotopic (exact) mass is 551 g/mol. The van der Waals surface area contributed by atoms with Crippen molar-refractivity contribution in [2.24, 2.45) is 4.99 Å². The van der Waals surface area contributed by atoms with Crippen LogP contribution in [0.25, 0.3) is 10.6 Å². The van der Waals surface area contributed by atoms with Gasteiger partial charge in [0.1, 0.15) is 10.8 Å². The van der Waals surface area contributed by atoms with E-state index < -0.39 is 0 Å². The summed E-state index contributed by atoms with van der Waals surface area (Å²) in [6.07, 6.45) is 4.25. The van der Waals surface area contributed by atoms with Crippen molar-refractivity contribution >= 4 is 41.3 Å². The van der Waals surface area contributed by atoms with Crippen molar-refractivity contribution in [1.82, 2.24) is 20.5 Å². The molecule has 0 bridgehead atoms.